The minimum absolute atomic E-state index is 1.18. The number of anilines is 1. The maximum atomic E-state index is 2.30. The van der Waals surface area contributed by atoms with Crippen LogP contribution in [-0.2, 0) is 6.42 Å². The van der Waals surface area contributed by atoms with Gasteiger partial charge in [0.15, 0.2) is 0 Å². The molecule has 0 bridgehead atoms. The van der Waals surface area contributed by atoms with Crippen LogP contribution in [0.4, 0.5) is 5.69 Å². The predicted molar refractivity (Wildman–Crippen MR) is 59.4 cm³/mol. The summed E-state index contributed by atoms with van der Waals surface area (Å²) in [4.78, 5) is 2.30. The Morgan fingerprint density at radius 2 is 1.85 bits per heavy atom. The lowest BCUT2D eigenvalue weighted by Crippen LogP contribution is -2.12. The van der Waals surface area contributed by atoms with E-state index in [9.17, 15) is 0 Å². The number of hydrogen-bond donors (Lipinski definition) is 0. The van der Waals surface area contributed by atoms with E-state index >= 15 is 0 Å². The van der Waals surface area contributed by atoms with Gasteiger partial charge in [-0.25, -0.2) is 0 Å². The van der Waals surface area contributed by atoms with Gasteiger partial charge < -0.3 is 4.90 Å². The van der Waals surface area contributed by atoms with Crippen LogP contribution in [-0.4, -0.2) is 13.6 Å². The van der Waals surface area contributed by atoms with E-state index in [1.54, 1.807) is 0 Å². The molecule has 0 fully saturated rings. The molecule has 0 spiro atoms. The molecule has 0 radical (unpaired) electrons. The molecule has 72 valence electrons. The second-order valence-electron chi connectivity index (χ2n) is 3.51. The lowest BCUT2D eigenvalue weighted by molar-refractivity contribution is 0.956. The van der Waals surface area contributed by atoms with Gasteiger partial charge in [-0.1, -0.05) is 38.5 Å². The Balaban J connectivity index is 0.000000251. The molecule has 1 aromatic rings. The first-order chi connectivity index (χ1) is 6.29. The summed E-state index contributed by atoms with van der Waals surface area (Å²) in [6, 6.07) is 8.60. The van der Waals surface area contributed by atoms with Crippen molar-refractivity contribution in [3.8, 4) is 0 Å². The summed E-state index contributed by atoms with van der Waals surface area (Å²) < 4.78 is 0. The van der Waals surface area contributed by atoms with Gasteiger partial charge in [0.05, 0.1) is 0 Å². The highest BCUT2D eigenvalue weighted by atomic mass is 15.1. The third-order valence-corrected chi connectivity index (χ3v) is 2.12. The average molecular weight is 177 g/mol. The van der Waals surface area contributed by atoms with Crippen molar-refractivity contribution in [3.63, 3.8) is 0 Å². The highest BCUT2D eigenvalue weighted by molar-refractivity contribution is 5.56. The molecule has 0 saturated carbocycles. The number of hydrogen-bond acceptors (Lipinski definition) is 1. The Bertz CT molecular complexity index is 255. The lowest BCUT2D eigenvalue weighted by atomic mass is 10.2. The Morgan fingerprint density at radius 1 is 1.23 bits per heavy atom. The standard InChI is InChI=1S/C9H11N.C3H8/c1-10-7-6-8-4-2-3-5-9(8)10;1-3-2/h2-5H,6-7H2,1H3;3H2,1-2H3. The van der Waals surface area contributed by atoms with Gasteiger partial charge in [-0.2, -0.15) is 0 Å². The molecule has 1 heterocycles. The molecule has 0 aliphatic carbocycles. The summed E-state index contributed by atoms with van der Waals surface area (Å²) in [7, 11) is 2.14. The zero-order valence-electron chi connectivity index (χ0n) is 8.88. The van der Waals surface area contributed by atoms with Gasteiger partial charge in [0, 0.05) is 19.3 Å². The normalized spacial score (nSPS) is 13.3. The third kappa shape index (κ3) is 2.48. The van der Waals surface area contributed by atoms with Crippen molar-refractivity contribution in [2.45, 2.75) is 26.7 Å². The quantitative estimate of drug-likeness (QED) is 0.588. The molecule has 0 saturated heterocycles. The van der Waals surface area contributed by atoms with Crippen LogP contribution >= 0.6 is 0 Å². The van der Waals surface area contributed by atoms with Crippen molar-refractivity contribution in [2.75, 3.05) is 18.5 Å². The first-order valence-electron chi connectivity index (χ1n) is 5.08. The van der Waals surface area contributed by atoms with Crippen LogP contribution in [0.3, 0.4) is 0 Å². The first kappa shape index (κ1) is 10.1. The Kier molecular flexibility index (Phi) is 3.81. The minimum Gasteiger partial charge on any atom is -0.374 e. The van der Waals surface area contributed by atoms with Crippen molar-refractivity contribution in [1.29, 1.82) is 0 Å². The van der Waals surface area contributed by atoms with Gasteiger partial charge in [0.2, 0.25) is 0 Å². The molecule has 1 aliphatic heterocycles. The van der Waals surface area contributed by atoms with Crippen molar-refractivity contribution < 1.29 is 0 Å². The molecular weight excluding hydrogens is 158 g/mol. The van der Waals surface area contributed by atoms with Crippen LogP contribution in [0.2, 0.25) is 0 Å². The highest BCUT2D eigenvalue weighted by Gasteiger charge is 2.12. The molecule has 1 nitrogen and oxygen atoms in total. The summed E-state index contributed by atoms with van der Waals surface area (Å²) >= 11 is 0. The van der Waals surface area contributed by atoms with E-state index in [0.29, 0.717) is 0 Å². The number of benzene rings is 1. The molecule has 0 atom stereocenters. The minimum atomic E-state index is 1.18. The summed E-state index contributed by atoms with van der Waals surface area (Å²) in [6.45, 7) is 5.43. The van der Waals surface area contributed by atoms with Crippen molar-refractivity contribution in [1.82, 2.24) is 0 Å². The van der Waals surface area contributed by atoms with Gasteiger partial charge in [-0.05, 0) is 18.1 Å². The Labute approximate surface area is 81.4 Å². The van der Waals surface area contributed by atoms with Crippen LogP contribution < -0.4 is 4.90 Å². The predicted octanol–water partition coefficient (Wildman–Crippen LogP) is 3.10. The number of nitrogens with zero attached hydrogens (tertiary/aromatic N) is 1. The topological polar surface area (TPSA) is 3.24 Å². The largest absolute Gasteiger partial charge is 0.374 e. The molecule has 13 heavy (non-hydrogen) atoms. The Hall–Kier alpha value is -0.980. The van der Waals surface area contributed by atoms with Crippen LogP contribution in [0.25, 0.3) is 0 Å². The molecule has 1 aliphatic rings. The highest BCUT2D eigenvalue weighted by Crippen LogP contribution is 2.25. The van der Waals surface area contributed by atoms with Gasteiger partial charge in [-0.15, -0.1) is 0 Å². The van der Waals surface area contributed by atoms with E-state index < -0.39 is 0 Å². The Morgan fingerprint density at radius 3 is 2.46 bits per heavy atom. The van der Waals surface area contributed by atoms with E-state index in [1.807, 2.05) is 0 Å². The summed E-state index contributed by atoms with van der Waals surface area (Å²) in [6.07, 6.45) is 2.46. The van der Waals surface area contributed by atoms with Crippen molar-refractivity contribution in [3.05, 3.63) is 29.8 Å². The maximum absolute atomic E-state index is 2.30. The fourth-order valence-electron chi connectivity index (χ4n) is 1.50. The molecule has 1 heteroatoms. The fourth-order valence-corrected chi connectivity index (χ4v) is 1.50. The zero-order valence-corrected chi connectivity index (χ0v) is 8.88. The second kappa shape index (κ2) is 4.90. The zero-order chi connectivity index (χ0) is 9.68. The van der Waals surface area contributed by atoms with Gasteiger partial charge in [0.25, 0.3) is 0 Å². The van der Waals surface area contributed by atoms with Crippen LogP contribution in [0.1, 0.15) is 25.8 Å². The van der Waals surface area contributed by atoms with E-state index in [0.717, 1.165) is 0 Å². The van der Waals surface area contributed by atoms with E-state index in [2.05, 4.69) is 50.1 Å². The molecule has 0 N–H and O–H groups in total. The van der Waals surface area contributed by atoms with Crippen LogP contribution in [0.5, 0.6) is 0 Å². The van der Waals surface area contributed by atoms with E-state index in [-0.39, 0.29) is 0 Å². The summed E-state index contributed by atoms with van der Waals surface area (Å²) in [5.74, 6) is 0. The number of fused-ring (bicyclic) bond motifs is 1. The molecule has 1 aromatic carbocycles. The first-order valence-corrected chi connectivity index (χ1v) is 5.08. The van der Waals surface area contributed by atoms with Gasteiger partial charge in [-0.3, -0.25) is 0 Å². The molecule has 0 amide bonds. The summed E-state index contributed by atoms with van der Waals surface area (Å²) in [5.41, 5.74) is 2.90. The monoisotopic (exact) mass is 177 g/mol. The molecule has 0 unspecified atom stereocenters. The van der Waals surface area contributed by atoms with Gasteiger partial charge >= 0.3 is 0 Å². The van der Waals surface area contributed by atoms with Gasteiger partial charge in [0.1, 0.15) is 0 Å². The van der Waals surface area contributed by atoms with Crippen molar-refractivity contribution >= 4 is 5.69 Å². The van der Waals surface area contributed by atoms with Crippen molar-refractivity contribution in [2.24, 2.45) is 0 Å². The number of rotatable bonds is 0. The molecule has 2 rings (SSSR count). The molecule has 0 aromatic heterocycles. The maximum Gasteiger partial charge on any atom is 0.0396 e. The average Bonchev–Trinajstić information content (AvgIpc) is 2.50. The van der Waals surface area contributed by atoms with E-state index in [4.69, 9.17) is 0 Å². The summed E-state index contributed by atoms with van der Waals surface area (Å²) in [5, 5.41) is 0. The van der Waals surface area contributed by atoms with E-state index in [1.165, 1.54) is 30.6 Å². The lowest BCUT2D eigenvalue weighted by Gasteiger charge is -2.10. The van der Waals surface area contributed by atoms with Crippen LogP contribution in [0.15, 0.2) is 24.3 Å². The molecular formula is C12H19N. The SMILES string of the molecule is CCC.CN1CCc2ccccc21. The number of para-hydroxylation sites is 1. The van der Waals surface area contributed by atoms with Crippen LogP contribution in [0, 0.1) is 0 Å². The smallest absolute Gasteiger partial charge is 0.0396 e. The number of likely N-dealkylation sites (N-methyl/N-ethyl adjacent to an activating group) is 1. The second-order valence-corrected chi connectivity index (χ2v) is 3.51. The third-order valence-electron chi connectivity index (χ3n) is 2.12. The fraction of sp³-hybridized carbons (Fsp3) is 0.500.